The van der Waals surface area contributed by atoms with Gasteiger partial charge in [0.25, 0.3) is 11.5 Å². The zero-order chi connectivity index (χ0) is 15.4. The molecular weight excluding hydrogens is 266 g/mol. The van der Waals surface area contributed by atoms with E-state index in [1.54, 1.807) is 24.7 Å². The summed E-state index contributed by atoms with van der Waals surface area (Å²) in [5.74, 6) is -0.0511. The van der Waals surface area contributed by atoms with Crippen LogP contribution in [-0.4, -0.2) is 21.9 Å². The summed E-state index contributed by atoms with van der Waals surface area (Å²) in [6, 6.07) is 5.26. The molecule has 1 unspecified atom stereocenters. The van der Waals surface area contributed by atoms with E-state index < -0.39 is 0 Å². The normalized spacial score (nSPS) is 12.2. The second-order valence-electron chi connectivity index (χ2n) is 5.37. The molecular formula is C16H19N3O2. The summed E-state index contributed by atoms with van der Waals surface area (Å²) in [6.07, 6.45) is 4.93. The molecule has 0 fully saturated rings. The molecule has 0 aliphatic heterocycles. The number of amides is 1. The Kier molecular flexibility index (Phi) is 4.52. The quantitative estimate of drug-likeness (QED) is 0.904. The van der Waals surface area contributed by atoms with Crippen LogP contribution in [0.2, 0.25) is 0 Å². The fourth-order valence-electron chi connectivity index (χ4n) is 1.81. The summed E-state index contributed by atoms with van der Waals surface area (Å²) < 4.78 is 0. The van der Waals surface area contributed by atoms with Crippen molar-refractivity contribution in [2.24, 2.45) is 5.92 Å². The number of hydrogen-bond acceptors (Lipinski definition) is 3. The SMILES string of the molecule is CC(C)C(C)NC(=O)c1cc(-c2ccncc2)c[nH]c1=O. The molecule has 0 spiro atoms. The van der Waals surface area contributed by atoms with Gasteiger partial charge in [0.2, 0.25) is 0 Å². The highest BCUT2D eigenvalue weighted by molar-refractivity contribution is 5.95. The third-order valence-corrected chi connectivity index (χ3v) is 3.52. The van der Waals surface area contributed by atoms with E-state index in [-0.39, 0.29) is 23.1 Å². The fraction of sp³-hybridized carbons (Fsp3) is 0.312. The molecule has 0 saturated carbocycles. The summed E-state index contributed by atoms with van der Waals surface area (Å²) in [4.78, 5) is 30.7. The molecule has 0 aromatic carbocycles. The molecule has 1 amide bonds. The number of pyridine rings is 2. The highest BCUT2D eigenvalue weighted by Crippen LogP contribution is 2.17. The van der Waals surface area contributed by atoms with E-state index in [0.29, 0.717) is 5.92 Å². The Bertz CT molecular complexity index is 677. The number of rotatable bonds is 4. The van der Waals surface area contributed by atoms with Gasteiger partial charge in [-0.3, -0.25) is 14.6 Å². The Morgan fingerprint density at radius 1 is 1.19 bits per heavy atom. The number of aromatic amines is 1. The molecule has 5 nitrogen and oxygen atoms in total. The van der Waals surface area contributed by atoms with E-state index in [9.17, 15) is 9.59 Å². The Balaban J connectivity index is 2.32. The lowest BCUT2D eigenvalue weighted by Crippen LogP contribution is -2.38. The van der Waals surface area contributed by atoms with Crippen LogP contribution in [0.25, 0.3) is 11.1 Å². The zero-order valence-corrected chi connectivity index (χ0v) is 12.4. The Morgan fingerprint density at radius 2 is 1.86 bits per heavy atom. The lowest BCUT2D eigenvalue weighted by molar-refractivity contribution is 0.0929. The number of nitrogens with one attached hydrogen (secondary N) is 2. The fourth-order valence-corrected chi connectivity index (χ4v) is 1.81. The number of H-pyrrole nitrogens is 1. The van der Waals surface area contributed by atoms with Gasteiger partial charge in [-0.25, -0.2) is 0 Å². The molecule has 0 aliphatic carbocycles. The smallest absolute Gasteiger partial charge is 0.260 e. The van der Waals surface area contributed by atoms with Crippen LogP contribution in [0, 0.1) is 5.92 Å². The van der Waals surface area contributed by atoms with Gasteiger partial charge in [-0.15, -0.1) is 0 Å². The Labute approximate surface area is 123 Å². The van der Waals surface area contributed by atoms with E-state index in [0.717, 1.165) is 11.1 Å². The highest BCUT2D eigenvalue weighted by atomic mass is 16.2. The van der Waals surface area contributed by atoms with Crippen LogP contribution >= 0.6 is 0 Å². The van der Waals surface area contributed by atoms with Crippen molar-refractivity contribution in [2.45, 2.75) is 26.8 Å². The lowest BCUT2D eigenvalue weighted by atomic mass is 10.0. The summed E-state index contributed by atoms with van der Waals surface area (Å²) in [7, 11) is 0. The van der Waals surface area contributed by atoms with Crippen molar-refractivity contribution in [3.8, 4) is 11.1 Å². The van der Waals surface area contributed by atoms with E-state index in [1.165, 1.54) is 0 Å². The Morgan fingerprint density at radius 3 is 2.48 bits per heavy atom. The van der Waals surface area contributed by atoms with Gasteiger partial charge < -0.3 is 10.3 Å². The molecule has 0 aliphatic rings. The molecule has 2 N–H and O–H groups in total. The summed E-state index contributed by atoms with van der Waals surface area (Å²) in [5.41, 5.74) is 1.41. The van der Waals surface area contributed by atoms with Crippen LogP contribution < -0.4 is 10.9 Å². The maximum absolute atomic E-state index is 12.2. The first-order valence-corrected chi connectivity index (χ1v) is 6.93. The van der Waals surface area contributed by atoms with Crippen LogP contribution in [0.1, 0.15) is 31.1 Å². The van der Waals surface area contributed by atoms with Gasteiger partial charge in [0, 0.05) is 24.6 Å². The van der Waals surface area contributed by atoms with Gasteiger partial charge in [-0.2, -0.15) is 0 Å². The topological polar surface area (TPSA) is 74.8 Å². The van der Waals surface area contributed by atoms with Gasteiger partial charge in [-0.05, 0) is 42.2 Å². The number of carbonyl (C=O) groups excluding carboxylic acids is 1. The molecule has 21 heavy (non-hydrogen) atoms. The monoisotopic (exact) mass is 285 g/mol. The van der Waals surface area contributed by atoms with Crippen molar-refractivity contribution in [2.75, 3.05) is 0 Å². The highest BCUT2D eigenvalue weighted by Gasteiger charge is 2.16. The molecule has 2 aromatic rings. The minimum Gasteiger partial charge on any atom is -0.349 e. The molecule has 0 radical (unpaired) electrons. The maximum Gasteiger partial charge on any atom is 0.260 e. The van der Waals surface area contributed by atoms with Gasteiger partial charge in [0.15, 0.2) is 0 Å². The summed E-state index contributed by atoms with van der Waals surface area (Å²) >= 11 is 0. The predicted molar refractivity (Wildman–Crippen MR) is 82.1 cm³/mol. The van der Waals surface area contributed by atoms with Gasteiger partial charge in [-0.1, -0.05) is 13.8 Å². The first-order valence-electron chi connectivity index (χ1n) is 6.93. The average Bonchev–Trinajstić information content (AvgIpc) is 2.48. The number of hydrogen-bond donors (Lipinski definition) is 2. The third-order valence-electron chi connectivity index (χ3n) is 3.52. The number of nitrogens with zero attached hydrogens (tertiary/aromatic N) is 1. The molecule has 1 atom stereocenters. The van der Waals surface area contributed by atoms with E-state index in [1.807, 2.05) is 32.9 Å². The Hall–Kier alpha value is -2.43. The van der Waals surface area contributed by atoms with E-state index >= 15 is 0 Å². The van der Waals surface area contributed by atoms with E-state index in [2.05, 4.69) is 15.3 Å². The molecule has 0 saturated heterocycles. The summed E-state index contributed by atoms with van der Waals surface area (Å²) in [6.45, 7) is 5.95. The van der Waals surface area contributed by atoms with E-state index in [4.69, 9.17) is 0 Å². The number of aromatic nitrogens is 2. The third kappa shape index (κ3) is 3.56. The molecule has 2 rings (SSSR count). The van der Waals surface area contributed by atoms with Crippen LogP contribution in [-0.2, 0) is 0 Å². The van der Waals surface area contributed by atoms with Gasteiger partial charge in [0.05, 0.1) is 0 Å². The van der Waals surface area contributed by atoms with Crippen LogP contribution in [0.4, 0.5) is 0 Å². The lowest BCUT2D eigenvalue weighted by Gasteiger charge is -2.17. The standard InChI is InChI=1S/C16H19N3O2/c1-10(2)11(3)19-16(21)14-8-13(9-18-15(14)20)12-4-6-17-7-5-12/h4-11H,1-3H3,(H,18,20)(H,19,21). The van der Waals surface area contributed by atoms with Gasteiger partial charge >= 0.3 is 0 Å². The largest absolute Gasteiger partial charge is 0.349 e. The van der Waals surface area contributed by atoms with Crippen molar-refractivity contribution in [1.29, 1.82) is 0 Å². The van der Waals surface area contributed by atoms with Crippen LogP contribution in [0.15, 0.2) is 41.6 Å². The van der Waals surface area contributed by atoms with Crippen LogP contribution in [0.5, 0.6) is 0 Å². The molecule has 110 valence electrons. The van der Waals surface area contributed by atoms with Crippen molar-refractivity contribution in [3.05, 3.63) is 52.7 Å². The number of carbonyl (C=O) groups is 1. The average molecular weight is 285 g/mol. The van der Waals surface area contributed by atoms with Crippen molar-refractivity contribution >= 4 is 5.91 Å². The van der Waals surface area contributed by atoms with Crippen molar-refractivity contribution in [1.82, 2.24) is 15.3 Å². The maximum atomic E-state index is 12.2. The van der Waals surface area contributed by atoms with Crippen molar-refractivity contribution in [3.63, 3.8) is 0 Å². The first kappa shape index (κ1) is 15.0. The minimum absolute atomic E-state index is 0.00137. The molecule has 5 heteroatoms. The predicted octanol–water partition coefficient (Wildman–Crippen LogP) is 2.21. The summed E-state index contributed by atoms with van der Waals surface area (Å²) in [5, 5.41) is 2.84. The zero-order valence-electron chi connectivity index (χ0n) is 12.4. The van der Waals surface area contributed by atoms with Crippen molar-refractivity contribution < 1.29 is 4.79 Å². The second-order valence-corrected chi connectivity index (χ2v) is 5.37. The molecule has 2 aromatic heterocycles. The second kappa shape index (κ2) is 6.35. The molecule has 2 heterocycles. The molecule has 0 bridgehead atoms. The van der Waals surface area contributed by atoms with Gasteiger partial charge in [0.1, 0.15) is 5.56 Å². The first-order chi connectivity index (χ1) is 9.99. The van der Waals surface area contributed by atoms with Crippen LogP contribution in [0.3, 0.4) is 0 Å². The minimum atomic E-state index is -0.388.